The molecule has 0 aromatic carbocycles. The minimum Gasteiger partial charge on any atom is -0.466 e. The van der Waals surface area contributed by atoms with Crippen LogP contribution in [0.2, 0.25) is 0 Å². The minimum absolute atomic E-state index is 0.0191. The number of carbonyl (C=O) groups excluding carboxylic acids is 3. The van der Waals surface area contributed by atoms with Gasteiger partial charge < -0.3 is 19.1 Å². The summed E-state index contributed by atoms with van der Waals surface area (Å²) >= 11 is 0. The molecule has 4 saturated carbocycles. The van der Waals surface area contributed by atoms with Gasteiger partial charge in [-0.2, -0.15) is 0 Å². The van der Waals surface area contributed by atoms with Crippen LogP contribution in [0.5, 0.6) is 0 Å². The molecule has 0 aromatic rings. The van der Waals surface area contributed by atoms with Crippen LogP contribution >= 0.6 is 0 Å². The molecule has 0 aliphatic heterocycles. The first kappa shape index (κ1) is 52.7. The molecule has 0 spiro atoms. The van der Waals surface area contributed by atoms with Gasteiger partial charge in [0.25, 0.3) is 0 Å². The number of hydrogen-bond acceptors (Lipinski definition) is 7. The lowest BCUT2D eigenvalue weighted by molar-refractivity contribution is -0.173. The van der Waals surface area contributed by atoms with E-state index in [1.165, 1.54) is 122 Å². The van der Waals surface area contributed by atoms with Crippen molar-refractivity contribution in [2.24, 2.45) is 28.1 Å². The number of esters is 3. The minimum atomic E-state index is -0.0492. The van der Waals surface area contributed by atoms with Crippen molar-refractivity contribution < 1.29 is 28.6 Å². The third-order valence-corrected chi connectivity index (χ3v) is 15.1. The molecule has 0 aromatic heterocycles. The molecule has 4 aliphatic carbocycles. The van der Waals surface area contributed by atoms with Crippen molar-refractivity contribution in [1.82, 2.24) is 4.90 Å². The molecule has 5 atom stereocenters. The third kappa shape index (κ3) is 20.3. The molecule has 4 fully saturated rings. The lowest BCUT2D eigenvalue weighted by atomic mass is 9.37. The Morgan fingerprint density at radius 1 is 0.483 bits per heavy atom. The highest BCUT2D eigenvalue weighted by atomic mass is 16.5. The number of hydrogen-bond donors (Lipinski definition) is 0. The summed E-state index contributed by atoms with van der Waals surface area (Å²) in [5.74, 6) is 0.778. The average molecular weight is 844 g/mol. The molecule has 0 N–H and O–H groups in total. The van der Waals surface area contributed by atoms with E-state index in [0.29, 0.717) is 48.9 Å². The lowest BCUT2D eigenvalue weighted by Gasteiger charge is -2.67. The Bertz CT molecular complexity index is 1160. The smallest absolute Gasteiger partial charge is 0.308 e. The Balaban J connectivity index is 1.55. The number of carbonyl (C=O) groups is 3. The number of ether oxygens (including phenoxy) is 3. The Hall–Kier alpha value is -1.63. The fraction of sp³-hybridized carbons (Fsp3) is 0.943. The van der Waals surface area contributed by atoms with Crippen LogP contribution in [0.4, 0.5) is 0 Å². The highest BCUT2D eigenvalue weighted by Crippen LogP contribution is 2.73. The Labute approximate surface area is 370 Å². The summed E-state index contributed by atoms with van der Waals surface area (Å²) in [4.78, 5) is 41.2. The topological polar surface area (TPSA) is 82.1 Å². The van der Waals surface area contributed by atoms with Crippen LogP contribution in [0.15, 0.2) is 0 Å². The first-order chi connectivity index (χ1) is 29.2. The first-order valence-corrected chi connectivity index (χ1v) is 26.4. The summed E-state index contributed by atoms with van der Waals surface area (Å²) in [5, 5.41) is 0. The van der Waals surface area contributed by atoms with Gasteiger partial charge in [-0.1, -0.05) is 137 Å². The van der Waals surface area contributed by atoms with Gasteiger partial charge in [0, 0.05) is 12.8 Å². The normalized spacial score (nSPS) is 23.6. The monoisotopic (exact) mass is 844 g/mol. The molecular formula is C53H97NO6. The second kappa shape index (κ2) is 30.5. The van der Waals surface area contributed by atoms with E-state index < -0.39 is 0 Å². The van der Waals surface area contributed by atoms with E-state index in [0.717, 1.165) is 109 Å². The summed E-state index contributed by atoms with van der Waals surface area (Å²) < 4.78 is 17.8. The number of nitrogens with zero attached hydrogens (tertiary/aromatic N) is 1. The van der Waals surface area contributed by atoms with Gasteiger partial charge in [0.1, 0.15) is 0 Å². The molecule has 4 aliphatic rings. The van der Waals surface area contributed by atoms with Crippen LogP contribution in [0, 0.1) is 28.1 Å². The van der Waals surface area contributed by atoms with E-state index >= 15 is 0 Å². The molecule has 0 radical (unpaired) electrons. The van der Waals surface area contributed by atoms with Crippen molar-refractivity contribution in [1.29, 1.82) is 0 Å². The molecule has 60 heavy (non-hydrogen) atoms. The average Bonchev–Trinajstić information content (AvgIpc) is 3.22. The number of rotatable bonds is 39. The van der Waals surface area contributed by atoms with Gasteiger partial charge in [-0.15, -0.1) is 0 Å². The molecule has 0 amide bonds. The van der Waals surface area contributed by atoms with Gasteiger partial charge in [-0.3, -0.25) is 14.4 Å². The van der Waals surface area contributed by atoms with Crippen molar-refractivity contribution in [2.45, 2.75) is 253 Å². The van der Waals surface area contributed by atoms with Crippen LogP contribution in [0.3, 0.4) is 0 Å². The third-order valence-electron chi connectivity index (χ3n) is 15.1. The lowest BCUT2D eigenvalue weighted by Crippen LogP contribution is -2.57. The Morgan fingerprint density at radius 2 is 0.867 bits per heavy atom. The van der Waals surface area contributed by atoms with E-state index in [-0.39, 0.29) is 23.8 Å². The largest absolute Gasteiger partial charge is 0.466 e. The Morgan fingerprint density at radius 3 is 1.32 bits per heavy atom. The molecule has 4 bridgehead atoms. The first-order valence-electron chi connectivity index (χ1n) is 26.4. The maximum absolute atomic E-state index is 13.5. The fourth-order valence-electron chi connectivity index (χ4n) is 12.6. The summed E-state index contributed by atoms with van der Waals surface area (Å²) in [6.07, 6.45) is 38.6. The van der Waals surface area contributed by atoms with Crippen molar-refractivity contribution in [3.63, 3.8) is 0 Å². The van der Waals surface area contributed by atoms with Gasteiger partial charge in [0.15, 0.2) is 0 Å². The summed E-state index contributed by atoms with van der Waals surface area (Å²) in [5.41, 5.74) is 0.876. The van der Waals surface area contributed by atoms with Gasteiger partial charge >= 0.3 is 17.9 Å². The SMILES string of the molecule is CCCCCCCCCC(=O)OCCC[C@@]12C[C@H]3C[C@@](CCCOC(=O)CCCN(CC)CC)(C1)C[C@](CCCOC(=O)C(CCCCCC)CCCCCCCC)(C3)C2. The van der Waals surface area contributed by atoms with Crippen LogP contribution in [0.25, 0.3) is 0 Å². The number of unbranched alkanes of at least 4 members (excludes halogenated alkanes) is 14. The highest BCUT2D eigenvalue weighted by molar-refractivity contribution is 5.72. The van der Waals surface area contributed by atoms with Crippen molar-refractivity contribution in [3.05, 3.63) is 0 Å². The quantitative estimate of drug-likeness (QED) is 0.0346. The summed E-state index contributed by atoms with van der Waals surface area (Å²) in [6.45, 7) is 15.7. The zero-order chi connectivity index (χ0) is 43.4. The highest BCUT2D eigenvalue weighted by Gasteiger charge is 2.62. The molecule has 0 saturated heterocycles. The molecule has 4 rings (SSSR count). The van der Waals surface area contributed by atoms with Crippen LogP contribution in [-0.2, 0) is 28.6 Å². The van der Waals surface area contributed by atoms with Crippen LogP contribution in [0.1, 0.15) is 253 Å². The maximum atomic E-state index is 13.5. The van der Waals surface area contributed by atoms with Crippen LogP contribution < -0.4 is 0 Å². The zero-order valence-electron chi connectivity index (χ0n) is 40.3. The molecule has 7 nitrogen and oxygen atoms in total. The van der Waals surface area contributed by atoms with E-state index in [2.05, 4.69) is 39.5 Å². The van der Waals surface area contributed by atoms with E-state index in [4.69, 9.17) is 14.2 Å². The van der Waals surface area contributed by atoms with Crippen molar-refractivity contribution >= 4 is 17.9 Å². The van der Waals surface area contributed by atoms with Crippen molar-refractivity contribution in [3.8, 4) is 0 Å². The van der Waals surface area contributed by atoms with Crippen molar-refractivity contribution in [2.75, 3.05) is 39.5 Å². The molecule has 350 valence electrons. The molecule has 0 heterocycles. The fourth-order valence-corrected chi connectivity index (χ4v) is 12.6. The molecule has 7 heteroatoms. The molecule has 1 unspecified atom stereocenters. The Kier molecular flexibility index (Phi) is 26.8. The van der Waals surface area contributed by atoms with Gasteiger partial charge in [0.2, 0.25) is 0 Å². The van der Waals surface area contributed by atoms with Gasteiger partial charge in [-0.05, 0) is 145 Å². The zero-order valence-corrected chi connectivity index (χ0v) is 40.3. The van der Waals surface area contributed by atoms with E-state index in [1.54, 1.807) is 0 Å². The summed E-state index contributed by atoms with van der Waals surface area (Å²) in [7, 11) is 0. The van der Waals surface area contributed by atoms with E-state index in [9.17, 15) is 14.4 Å². The second-order valence-corrected chi connectivity index (χ2v) is 20.5. The maximum Gasteiger partial charge on any atom is 0.308 e. The standard InChI is InChI=1S/C53H97NO6/c1-6-11-14-17-19-21-24-31-48(55)58-37-26-33-51-40-46-41-52(43-51,34-27-38-59-49(56)32-25-36-54(9-4)10-5)45-53(42-46,44-51)35-28-39-60-50(57)47(29-22-16-13-8-3)30-23-20-18-15-12-7-2/h46-47H,6-45H2,1-5H3/t46-,47?,51+,52-,53+/m0/s1. The second-order valence-electron chi connectivity index (χ2n) is 20.5. The predicted molar refractivity (Wildman–Crippen MR) is 249 cm³/mol. The molecular weight excluding hydrogens is 747 g/mol. The van der Waals surface area contributed by atoms with Gasteiger partial charge in [-0.25, -0.2) is 0 Å². The van der Waals surface area contributed by atoms with Gasteiger partial charge in [0.05, 0.1) is 25.7 Å². The summed E-state index contributed by atoms with van der Waals surface area (Å²) in [6, 6.07) is 0. The van der Waals surface area contributed by atoms with E-state index in [1.807, 2.05) is 0 Å². The predicted octanol–water partition coefficient (Wildman–Crippen LogP) is 14.5. The van der Waals surface area contributed by atoms with Crippen LogP contribution in [-0.4, -0.2) is 62.3 Å².